The third-order valence-electron chi connectivity index (χ3n) is 3.68. The molecule has 1 aliphatic heterocycles. The molecule has 2 heteroatoms. The molecular formula is C16H25NO. The van der Waals surface area contributed by atoms with E-state index in [4.69, 9.17) is 4.74 Å². The third kappa shape index (κ3) is 4.02. The van der Waals surface area contributed by atoms with Crippen LogP contribution in [0.2, 0.25) is 0 Å². The van der Waals surface area contributed by atoms with Crippen molar-refractivity contribution in [3.05, 3.63) is 29.8 Å². The van der Waals surface area contributed by atoms with E-state index in [1.165, 1.54) is 24.8 Å². The molecule has 1 aliphatic rings. The Morgan fingerprint density at radius 2 is 2.00 bits per heavy atom. The fourth-order valence-corrected chi connectivity index (χ4v) is 2.51. The standard InChI is InChI=1S/C16H25NO/c1-3-10-18-16-8-6-14(7-9-16)11-15-5-4-13(2)17-12-15/h6-9,13,15,17H,3-5,10-12H2,1-2H3. The molecule has 0 spiro atoms. The van der Waals surface area contributed by atoms with Gasteiger partial charge in [-0.2, -0.15) is 0 Å². The van der Waals surface area contributed by atoms with Crippen molar-refractivity contribution >= 4 is 0 Å². The van der Waals surface area contributed by atoms with Crippen molar-refractivity contribution < 1.29 is 4.74 Å². The highest BCUT2D eigenvalue weighted by molar-refractivity contribution is 5.27. The Morgan fingerprint density at radius 1 is 1.22 bits per heavy atom. The van der Waals surface area contributed by atoms with Gasteiger partial charge in [0, 0.05) is 6.04 Å². The van der Waals surface area contributed by atoms with Crippen molar-refractivity contribution in [2.75, 3.05) is 13.2 Å². The minimum absolute atomic E-state index is 0.700. The van der Waals surface area contributed by atoms with E-state index in [9.17, 15) is 0 Å². The maximum atomic E-state index is 5.60. The van der Waals surface area contributed by atoms with Gasteiger partial charge in [-0.3, -0.25) is 0 Å². The van der Waals surface area contributed by atoms with Crippen LogP contribution in [0.15, 0.2) is 24.3 Å². The van der Waals surface area contributed by atoms with Crippen LogP contribution in [0.5, 0.6) is 5.75 Å². The van der Waals surface area contributed by atoms with Crippen LogP contribution in [0.3, 0.4) is 0 Å². The molecule has 2 atom stereocenters. The first kappa shape index (κ1) is 13.4. The summed E-state index contributed by atoms with van der Waals surface area (Å²) < 4.78 is 5.60. The largest absolute Gasteiger partial charge is 0.494 e. The molecule has 0 radical (unpaired) electrons. The highest BCUT2D eigenvalue weighted by Gasteiger charge is 2.17. The first-order valence-electron chi connectivity index (χ1n) is 7.23. The average Bonchev–Trinajstić information content (AvgIpc) is 2.41. The Kier molecular flexibility index (Phi) is 5.06. The number of nitrogens with one attached hydrogen (secondary N) is 1. The lowest BCUT2D eigenvalue weighted by molar-refractivity contribution is 0.316. The minimum Gasteiger partial charge on any atom is -0.494 e. The lowest BCUT2D eigenvalue weighted by Crippen LogP contribution is -2.37. The van der Waals surface area contributed by atoms with E-state index >= 15 is 0 Å². The molecule has 0 amide bonds. The molecule has 1 aromatic rings. The zero-order chi connectivity index (χ0) is 12.8. The summed E-state index contributed by atoms with van der Waals surface area (Å²) in [6.45, 7) is 6.38. The summed E-state index contributed by atoms with van der Waals surface area (Å²) in [7, 11) is 0. The van der Waals surface area contributed by atoms with Gasteiger partial charge in [-0.1, -0.05) is 19.1 Å². The molecule has 100 valence electrons. The number of hydrogen-bond donors (Lipinski definition) is 1. The molecule has 0 bridgehead atoms. The molecule has 2 nitrogen and oxygen atoms in total. The second kappa shape index (κ2) is 6.79. The van der Waals surface area contributed by atoms with Crippen molar-refractivity contribution in [3.63, 3.8) is 0 Å². The van der Waals surface area contributed by atoms with Gasteiger partial charge < -0.3 is 10.1 Å². The fraction of sp³-hybridized carbons (Fsp3) is 0.625. The average molecular weight is 247 g/mol. The quantitative estimate of drug-likeness (QED) is 0.861. The molecule has 1 heterocycles. The fourth-order valence-electron chi connectivity index (χ4n) is 2.51. The van der Waals surface area contributed by atoms with Gasteiger partial charge in [-0.05, 0) is 62.8 Å². The minimum atomic E-state index is 0.700. The van der Waals surface area contributed by atoms with Crippen LogP contribution in [0.25, 0.3) is 0 Å². The second-order valence-corrected chi connectivity index (χ2v) is 5.45. The second-order valence-electron chi connectivity index (χ2n) is 5.45. The number of hydrogen-bond acceptors (Lipinski definition) is 2. The lowest BCUT2D eigenvalue weighted by Gasteiger charge is -2.27. The van der Waals surface area contributed by atoms with Gasteiger partial charge in [-0.25, -0.2) is 0 Å². The van der Waals surface area contributed by atoms with E-state index in [1.54, 1.807) is 0 Å². The predicted molar refractivity (Wildman–Crippen MR) is 76.1 cm³/mol. The molecular weight excluding hydrogens is 222 g/mol. The van der Waals surface area contributed by atoms with Crippen LogP contribution in [-0.4, -0.2) is 19.2 Å². The van der Waals surface area contributed by atoms with Crippen LogP contribution >= 0.6 is 0 Å². The van der Waals surface area contributed by atoms with Crippen molar-refractivity contribution in [1.29, 1.82) is 0 Å². The Labute approximate surface area is 111 Å². The van der Waals surface area contributed by atoms with Crippen molar-refractivity contribution in [3.8, 4) is 5.75 Å². The summed E-state index contributed by atoms with van der Waals surface area (Å²) in [6, 6.07) is 9.32. The maximum absolute atomic E-state index is 5.60. The molecule has 0 aliphatic carbocycles. The Morgan fingerprint density at radius 3 is 2.61 bits per heavy atom. The molecule has 2 rings (SSSR count). The van der Waals surface area contributed by atoms with Gasteiger partial charge in [0.15, 0.2) is 0 Å². The van der Waals surface area contributed by atoms with Crippen LogP contribution in [0.1, 0.15) is 38.7 Å². The highest BCUT2D eigenvalue weighted by Crippen LogP contribution is 2.20. The SMILES string of the molecule is CCCOc1ccc(CC2CCC(C)NC2)cc1. The summed E-state index contributed by atoms with van der Waals surface area (Å²) >= 11 is 0. The summed E-state index contributed by atoms with van der Waals surface area (Å²) in [5, 5.41) is 3.57. The highest BCUT2D eigenvalue weighted by atomic mass is 16.5. The molecule has 1 saturated heterocycles. The van der Waals surface area contributed by atoms with Gasteiger partial charge in [0.1, 0.15) is 5.75 Å². The van der Waals surface area contributed by atoms with Gasteiger partial charge in [0.05, 0.1) is 6.61 Å². The topological polar surface area (TPSA) is 21.3 Å². The van der Waals surface area contributed by atoms with Gasteiger partial charge >= 0.3 is 0 Å². The van der Waals surface area contributed by atoms with E-state index in [0.717, 1.165) is 31.2 Å². The number of piperidine rings is 1. The van der Waals surface area contributed by atoms with Crippen LogP contribution in [0.4, 0.5) is 0 Å². The Hall–Kier alpha value is -1.02. The number of rotatable bonds is 5. The summed E-state index contributed by atoms with van der Waals surface area (Å²) in [5.74, 6) is 1.79. The molecule has 2 unspecified atom stereocenters. The van der Waals surface area contributed by atoms with E-state index in [1.807, 2.05) is 0 Å². The third-order valence-corrected chi connectivity index (χ3v) is 3.68. The molecule has 18 heavy (non-hydrogen) atoms. The smallest absolute Gasteiger partial charge is 0.119 e. The monoisotopic (exact) mass is 247 g/mol. The summed E-state index contributed by atoms with van der Waals surface area (Å²) in [5.41, 5.74) is 1.43. The predicted octanol–water partition coefficient (Wildman–Crippen LogP) is 3.41. The maximum Gasteiger partial charge on any atom is 0.119 e. The number of benzene rings is 1. The van der Waals surface area contributed by atoms with E-state index in [2.05, 4.69) is 43.4 Å². The van der Waals surface area contributed by atoms with Crippen molar-refractivity contribution in [1.82, 2.24) is 5.32 Å². The molecule has 0 saturated carbocycles. The Bertz CT molecular complexity index is 339. The van der Waals surface area contributed by atoms with Crippen molar-refractivity contribution in [2.24, 2.45) is 5.92 Å². The molecule has 0 aromatic heterocycles. The zero-order valence-electron chi connectivity index (χ0n) is 11.6. The zero-order valence-corrected chi connectivity index (χ0v) is 11.6. The van der Waals surface area contributed by atoms with Gasteiger partial charge in [0.2, 0.25) is 0 Å². The molecule has 1 aromatic carbocycles. The van der Waals surface area contributed by atoms with E-state index in [-0.39, 0.29) is 0 Å². The van der Waals surface area contributed by atoms with Gasteiger partial charge in [-0.15, -0.1) is 0 Å². The Balaban J connectivity index is 1.82. The lowest BCUT2D eigenvalue weighted by atomic mass is 9.90. The summed E-state index contributed by atoms with van der Waals surface area (Å²) in [4.78, 5) is 0. The number of ether oxygens (including phenoxy) is 1. The van der Waals surface area contributed by atoms with E-state index < -0.39 is 0 Å². The van der Waals surface area contributed by atoms with Crippen LogP contribution in [0, 0.1) is 5.92 Å². The first-order chi connectivity index (χ1) is 8.78. The van der Waals surface area contributed by atoms with Crippen LogP contribution < -0.4 is 10.1 Å². The summed E-state index contributed by atoms with van der Waals surface area (Å²) in [6.07, 6.45) is 4.91. The van der Waals surface area contributed by atoms with Gasteiger partial charge in [0.25, 0.3) is 0 Å². The van der Waals surface area contributed by atoms with E-state index in [0.29, 0.717) is 6.04 Å². The first-order valence-corrected chi connectivity index (χ1v) is 7.23. The normalized spacial score (nSPS) is 23.9. The molecule has 1 N–H and O–H groups in total. The van der Waals surface area contributed by atoms with Crippen LogP contribution in [-0.2, 0) is 6.42 Å². The van der Waals surface area contributed by atoms with Crippen molar-refractivity contribution in [2.45, 2.75) is 45.6 Å². The molecule has 1 fully saturated rings.